The fourth-order valence-electron chi connectivity index (χ4n) is 3.06. The van der Waals surface area contributed by atoms with Crippen LogP contribution in [0.3, 0.4) is 0 Å². The van der Waals surface area contributed by atoms with Crippen LogP contribution in [-0.4, -0.2) is 56.0 Å². The van der Waals surface area contributed by atoms with Crippen LogP contribution in [0.5, 0.6) is 0 Å². The monoisotopic (exact) mass is 355 g/mol. The van der Waals surface area contributed by atoms with E-state index in [4.69, 9.17) is 16.3 Å². The molecule has 7 heteroatoms. The second-order valence-electron chi connectivity index (χ2n) is 5.93. The van der Waals surface area contributed by atoms with Crippen LogP contribution in [0.15, 0.2) is 29.8 Å². The molecule has 2 heterocycles. The van der Waals surface area contributed by atoms with Gasteiger partial charge in [-0.3, -0.25) is 4.79 Å². The third-order valence-electron chi connectivity index (χ3n) is 4.19. The van der Waals surface area contributed by atoms with Crippen LogP contribution in [0, 0.1) is 0 Å². The average molecular weight is 356 g/mol. The molecule has 124 valence electrons. The van der Waals surface area contributed by atoms with Crippen molar-refractivity contribution in [2.24, 2.45) is 0 Å². The molecule has 0 aliphatic carbocycles. The summed E-state index contributed by atoms with van der Waals surface area (Å²) in [6.45, 7) is 2.53. The molecule has 1 amide bonds. The van der Waals surface area contributed by atoms with Crippen LogP contribution in [0.1, 0.15) is 12.5 Å². The number of hydrogen-bond donors (Lipinski definition) is 0. The van der Waals surface area contributed by atoms with Crippen molar-refractivity contribution in [3.63, 3.8) is 0 Å². The van der Waals surface area contributed by atoms with Gasteiger partial charge in [0.05, 0.1) is 30.3 Å². The van der Waals surface area contributed by atoms with Crippen molar-refractivity contribution in [2.75, 3.05) is 24.7 Å². The van der Waals surface area contributed by atoms with E-state index in [1.54, 1.807) is 30.0 Å². The molecule has 1 aromatic carbocycles. The summed E-state index contributed by atoms with van der Waals surface area (Å²) >= 11 is 5.85. The van der Waals surface area contributed by atoms with Crippen LogP contribution in [0.4, 0.5) is 0 Å². The number of fused-ring (bicyclic) bond motifs is 1. The number of hydrogen-bond acceptors (Lipinski definition) is 4. The summed E-state index contributed by atoms with van der Waals surface area (Å²) < 4.78 is 29.1. The number of carbonyl (C=O) groups excluding carboxylic acids is 1. The molecule has 2 saturated heterocycles. The number of carbonyl (C=O) groups is 1. The number of halogens is 1. The fourth-order valence-corrected chi connectivity index (χ4v) is 5.06. The van der Waals surface area contributed by atoms with Gasteiger partial charge in [0.15, 0.2) is 9.84 Å². The minimum Gasteiger partial charge on any atom is -0.373 e. The van der Waals surface area contributed by atoms with Crippen molar-refractivity contribution in [3.8, 4) is 0 Å². The molecule has 1 aromatic rings. The quantitative estimate of drug-likeness (QED) is 0.758. The SMILES string of the molecule is C/C(=C\c1ccc(Cl)cc1)C(=O)N1CCOC2CS(=O)(=O)CC21. The van der Waals surface area contributed by atoms with Gasteiger partial charge in [-0.2, -0.15) is 0 Å². The Balaban J connectivity index is 1.80. The summed E-state index contributed by atoms with van der Waals surface area (Å²) in [5, 5.41) is 0.637. The second kappa shape index (κ2) is 6.26. The first kappa shape index (κ1) is 16.5. The Kier molecular flexibility index (Phi) is 4.49. The molecular formula is C16H18ClNO4S. The Bertz CT molecular complexity index is 742. The number of nitrogens with zero attached hydrogens (tertiary/aromatic N) is 1. The summed E-state index contributed by atoms with van der Waals surface area (Å²) in [5.41, 5.74) is 1.45. The highest BCUT2D eigenvalue weighted by Gasteiger charge is 2.45. The molecule has 23 heavy (non-hydrogen) atoms. The smallest absolute Gasteiger partial charge is 0.249 e. The van der Waals surface area contributed by atoms with Crippen LogP contribution in [-0.2, 0) is 19.4 Å². The molecule has 0 aromatic heterocycles. The van der Waals surface area contributed by atoms with Crippen LogP contribution >= 0.6 is 11.6 Å². The normalized spacial score (nSPS) is 26.9. The Morgan fingerprint density at radius 3 is 2.70 bits per heavy atom. The summed E-state index contributed by atoms with van der Waals surface area (Å²) in [7, 11) is -3.14. The largest absolute Gasteiger partial charge is 0.373 e. The van der Waals surface area contributed by atoms with Gasteiger partial charge in [0.1, 0.15) is 0 Å². The Labute approximate surface area is 140 Å². The summed E-state index contributed by atoms with van der Waals surface area (Å²) in [6.07, 6.45) is 1.38. The molecule has 3 rings (SSSR count). The molecular weight excluding hydrogens is 338 g/mol. The van der Waals surface area contributed by atoms with E-state index >= 15 is 0 Å². The molecule has 2 fully saturated rings. The minimum atomic E-state index is -3.14. The number of sulfone groups is 1. The third-order valence-corrected chi connectivity index (χ3v) is 6.13. The van der Waals surface area contributed by atoms with Crippen molar-refractivity contribution in [3.05, 3.63) is 40.4 Å². The van der Waals surface area contributed by atoms with E-state index in [1.165, 1.54) is 0 Å². The summed E-state index contributed by atoms with van der Waals surface area (Å²) in [4.78, 5) is 14.3. The van der Waals surface area contributed by atoms with Gasteiger partial charge in [0, 0.05) is 17.1 Å². The van der Waals surface area contributed by atoms with Gasteiger partial charge >= 0.3 is 0 Å². The highest BCUT2D eigenvalue weighted by molar-refractivity contribution is 7.91. The molecule has 2 atom stereocenters. The van der Waals surface area contributed by atoms with Crippen molar-refractivity contribution in [1.29, 1.82) is 0 Å². The molecule has 0 N–H and O–H groups in total. The number of amides is 1. The van der Waals surface area contributed by atoms with Crippen LogP contribution < -0.4 is 0 Å². The first-order valence-corrected chi connectivity index (χ1v) is 9.62. The predicted octanol–water partition coefficient (Wildman–Crippen LogP) is 1.77. The second-order valence-corrected chi connectivity index (χ2v) is 8.52. The van der Waals surface area contributed by atoms with Crippen LogP contribution in [0.2, 0.25) is 5.02 Å². The molecule has 2 aliphatic rings. The topological polar surface area (TPSA) is 63.7 Å². The number of morpholine rings is 1. The van der Waals surface area contributed by atoms with Crippen molar-refractivity contribution >= 4 is 33.4 Å². The zero-order valence-electron chi connectivity index (χ0n) is 12.7. The van der Waals surface area contributed by atoms with E-state index in [-0.39, 0.29) is 23.5 Å². The highest BCUT2D eigenvalue weighted by atomic mass is 35.5. The maximum Gasteiger partial charge on any atom is 0.249 e. The van der Waals surface area contributed by atoms with E-state index in [2.05, 4.69) is 0 Å². The molecule has 5 nitrogen and oxygen atoms in total. The standard InChI is InChI=1S/C16H18ClNO4S/c1-11(8-12-2-4-13(17)5-3-12)16(19)18-6-7-22-15-10-23(20,21)9-14(15)18/h2-5,8,14-15H,6-7,9-10H2,1H3/b11-8+. The molecule has 0 bridgehead atoms. The zero-order valence-corrected chi connectivity index (χ0v) is 14.3. The maximum atomic E-state index is 12.7. The van der Waals surface area contributed by atoms with E-state index in [1.807, 2.05) is 12.1 Å². The zero-order chi connectivity index (χ0) is 16.6. The number of rotatable bonds is 2. The summed E-state index contributed by atoms with van der Waals surface area (Å²) in [5.74, 6) is -0.158. The van der Waals surface area contributed by atoms with Gasteiger partial charge in [-0.1, -0.05) is 23.7 Å². The maximum absolute atomic E-state index is 12.7. The number of benzene rings is 1. The predicted molar refractivity (Wildman–Crippen MR) is 89.0 cm³/mol. The van der Waals surface area contributed by atoms with Gasteiger partial charge in [0.2, 0.25) is 5.91 Å². The highest BCUT2D eigenvalue weighted by Crippen LogP contribution is 2.26. The van der Waals surface area contributed by atoms with Crippen molar-refractivity contribution in [1.82, 2.24) is 4.90 Å². The van der Waals surface area contributed by atoms with Crippen molar-refractivity contribution in [2.45, 2.75) is 19.1 Å². The molecule has 2 unspecified atom stereocenters. The molecule has 2 aliphatic heterocycles. The fraction of sp³-hybridized carbons (Fsp3) is 0.438. The van der Waals surface area contributed by atoms with Crippen molar-refractivity contribution < 1.29 is 17.9 Å². The average Bonchev–Trinajstić information content (AvgIpc) is 2.82. The lowest BCUT2D eigenvalue weighted by atomic mass is 10.1. The van der Waals surface area contributed by atoms with Crippen LogP contribution in [0.25, 0.3) is 6.08 Å². The lowest BCUT2D eigenvalue weighted by Gasteiger charge is -2.36. The van der Waals surface area contributed by atoms with Gasteiger partial charge in [-0.05, 0) is 30.7 Å². The Morgan fingerprint density at radius 1 is 1.30 bits per heavy atom. The van der Waals surface area contributed by atoms with Gasteiger partial charge < -0.3 is 9.64 Å². The summed E-state index contributed by atoms with van der Waals surface area (Å²) in [6, 6.07) is 6.82. The third kappa shape index (κ3) is 3.59. The van der Waals surface area contributed by atoms with E-state index in [0.29, 0.717) is 23.7 Å². The van der Waals surface area contributed by atoms with Gasteiger partial charge in [0.25, 0.3) is 0 Å². The van der Waals surface area contributed by atoms with Gasteiger partial charge in [-0.25, -0.2) is 8.42 Å². The first-order chi connectivity index (χ1) is 10.9. The minimum absolute atomic E-state index is 0.00138. The Hall–Kier alpha value is -1.37. The van der Waals surface area contributed by atoms with Gasteiger partial charge in [-0.15, -0.1) is 0 Å². The van der Waals surface area contributed by atoms with E-state index < -0.39 is 15.9 Å². The Morgan fingerprint density at radius 2 is 2.00 bits per heavy atom. The number of ether oxygens (including phenoxy) is 1. The van der Waals surface area contributed by atoms with E-state index in [9.17, 15) is 13.2 Å². The molecule has 0 spiro atoms. The first-order valence-electron chi connectivity index (χ1n) is 7.42. The lowest BCUT2D eigenvalue weighted by molar-refractivity contribution is -0.138. The molecule has 0 saturated carbocycles. The van der Waals surface area contributed by atoms with E-state index in [0.717, 1.165) is 5.56 Å². The lowest BCUT2D eigenvalue weighted by Crippen LogP contribution is -2.53. The molecule has 0 radical (unpaired) electrons.